The van der Waals surface area contributed by atoms with Crippen molar-refractivity contribution in [3.63, 3.8) is 0 Å². The van der Waals surface area contributed by atoms with Crippen molar-refractivity contribution in [1.82, 2.24) is 10.3 Å². The molecular weight excluding hydrogens is 281 g/mol. The van der Waals surface area contributed by atoms with Gasteiger partial charge in [0.15, 0.2) is 0 Å². The van der Waals surface area contributed by atoms with Crippen LogP contribution >= 0.6 is 0 Å². The molecule has 0 bridgehead atoms. The van der Waals surface area contributed by atoms with E-state index in [1.807, 2.05) is 0 Å². The number of halogens is 1. The first-order valence-corrected chi connectivity index (χ1v) is 7.31. The zero-order valence-electron chi connectivity index (χ0n) is 12.8. The molecule has 0 fully saturated rings. The van der Waals surface area contributed by atoms with Crippen molar-refractivity contribution in [2.75, 3.05) is 11.9 Å². The highest BCUT2D eigenvalue weighted by Crippen LogP contribution is 2.16. The van der Waals surface area contributed by atoms with Gasteiger partial charge < -0.3 is 10.6 Å². The van der Waals surface area contributed by atoms with E-state index >= 15 is 0 Å². The van der Waals surface area contributed by atoms with Gasteiger partial charge in [-0.15, -0.1) is 0 Å². The number of carbonyl (C=O) groups is 1. The summed E-state index contributed by atoms with van der Waals surface area (Å²) in [5.74, 6) is 0.0987. The molecule has 5 heteroatoms. The number of amides is 1. The number of rotatable bonds is 6. The van der Waals surface area contributed by atoms with Crippen LogP contribution in [-0.4, -0.2) is 17.4 Å². The molecule has 0 aliphatic rings. The molecule has 1 aromatic carbocycles. The maximum Gasteiger partial charge on any atom is 0.269 e. The van der Waals surface area contributed by atoms with E-state index in [9.17, 15) is 9.18 Å². The summed E-state index contributed by atoms with van der Waals surface area (Å²) in [6.07, 6.45) is 2.52. The van der Waals surface area contributed by atoms with Crippen LogP contribution in [0.5, 0.6) is 0 Å². The molecule has 0 aliphatic heterocycles. The van der Waals surface area contributed by atoms with Crippen molar-refractivity contribution in [3.8, 4) is 0 Å². The van der Waals surface area contributed by atoms with Gasteiger partial charge in [-0.1, -0.05) is 13.8 Å². The molecule has 1 amide bonds. The van der Waals surface area contributed by atoms with E-state index in [1.54, 1.807) is 30.5 Å². The number of nitrogens with one attached hydrogen (secondary N) is 2. The standard InChI is InChI=1S/C17H20FN3O/c1-12(2)9-10-19-17(22)16-8-7-15(11-20-16)21-14-5-3-13(18)4-6-14/h3-8,11-12,21H,9-10H2,1-2H3,(H,19,22). The highest BCUT2D eigenvalue weighted by molar-refractivity contribution is 5.92. The summed E-state index contributed by atoms with van der Waals surface area (Å²) in [6.45, 7) is 4.87. The van der Waals surface area contributed by atoms with Gasteiger partial charge in [0, 0.05) is 12.2 Å². The molecule has 0 saturated heterocycles. The van der Waals surface area contributed by atoms with E-state index in [1.165, 1.54) is 12.1 Å². The van der Waals surface area contributed by atoms with Gasteiger partial charge in [-0.2, -0.15) is 0 Å². The van der Waals surface area contributed by atoms with E-state index < -0.39 is 0 Å². The third-order valence-corrected chi connectivity index (χ3v) is 3.14. The summed E-state index contributed by atoms with van der Waals surface area (Å²) in [7, 11) is 0. The van der Waals surface area contributed by atoms with Crippen molar-refractivity contribution < 1.29 is 9.18 Å². The van der Waals surface area contributed by atoms with Crippen LogP contribution in [-0.2, 0) is 0 Å². The minimum atomic E-state index is -0.280. The van der Waals surface area contributed by atoms with Crippen molar-refractivity contribution in [3.05, 3.63) is 54.1 Å². The van der Waals surface area contributed by atoms with Gasteiger partial charge in [0.05, 0.1) is 11.9 Å². The number of hydrogen-bond acceptors (Lipinski definition) is 3. The lowest BCUT2D eigenvalue weighted by atomic mass is 10.1. The number of aromatic nitrogens is 1. The predicted molar refractivity (Wildman–Crippen MR) is 85.7 cm³/mol. The number of hydrogen-bond donors (Lipinski definition) is 2. The first-order valence-electron chi connectivity index (χ1n) is 7.31. The third-order valence-electron chi connectivity index (χ3n) is 3.14. The van der Waals surface area contributed by atoms with Gasteiger partial charge >= 0.3 is 0 Å². The first kappa shape index (κ1) is 15.9. The second-order valence-electron chi connectivity index (χ2n) is 5.50. The summed E-state index contributed by atoms with van der Waals surface area (Å²) in [5.41, 5.74) is 1.89. The summed E-state index contributed by atoms with van der Waals surface area (Å²) in [4.78, 5) is 16.0. The highest BCUT2D eigenvalue weighted by Gasteiger charge is 2.07. The van der Waals surface area contributed by atoms with Gasteiger partial charge in [0.2, 0.25) is 0 Å². The fourth-order valence-corrected chi connectivity index (χ4v) is 1.87. The Morgan fingerprint density at radius 2 is 1.82 bits per heavy atom. The molecule has 0 aliphatic carbocycles. The van der Waals surface area contributed by atoms with Crippen LogP contribution < -0.4 is 10.6 Å². The highest BCUT2D eigenvalue weighted by atomic mass is 19.1. The molecule has 116 valence electrons. The van der Waals surface area contributed by atoms with Crippen LogP contribution in [0.4, 0.5) is 15.8 Å². The fraction of sp³-hybridized carbons (Fsp3) is 0.294. The zero-order chi connectivity index (χ0) is 15.9. The smallest absolute Gasteiger partial charge is 0.269 e. The molecule has 1 heterocycles. The average Bonchev–Trinajstić information content (AvgIpc) is 2.50. The average molecular weight is 301 g/mol. The summed E-state index contributed by atoms with van der Waals surface area (Å²) in [5, 5.41) is 5.94. The second-order valence-corrected chi connectivity index (χ2v) is 5.50. The van der Waals surface area contributed by atoms with Crippen LogP contribution in [0.3, 0.4) is 0 Å². The zero-order valence-corrected chi connectivity index (χ0v) is 12.8. The molecule has 2 N–H and O–H groups in total. The van der Waals surface area contributed by atoms with Gasteiger partial charge in [-0.3, -0.25) is 4.79 Å². The normalized spacial score (nSPS) is 10.5. The maximum absolute atomic E-state index is 12.8. The number of nitrogens with zero attached hydrogens (tertiary/aromatic N) is 1. The van der Waals surface area contributed by atoms with Crippen LogP contribution in [0.15, 0.2) is 42.6 Å². The second kappa shape index (κ2) is 7.54. The van der Waals surface area contributed by atoms with Crippen molar-refractivity contribution in [2.24, 2.45) is 5.92 Å². The largest absolute Gasteiger partial charge is 0.354 e. The van der Waals surface area contributed by atoms with Gasteiger partial charge in [-0.25, -0.2) is 9.37 Å². The van der Waals surface area contributed by atoms with E-state index in [-0.39, 0.29) is 11.7 Å². The van der Waals surface area contributed by atoms with Crippen molar-refractivity contribution in [1.29, 1.82) is 0 Å². The fourth-order valence-electron chi connectivity index (χ4n) is 1.87. The number of benzene rings is 1. The Labute approximate surface area is 129 Å². The van der Waals surface area contributed by atoms with Gasteiger partial charge in [0.25, 0.3) is 5.91 Å². The number of carbonyl (C=O) groups excluding carboxylic acids is 1. The van der Waals surface area contributed by atoms with Gasteiger partial charge in [-0.05, 0) is 48.7 Å². The van der Waals surface area contributed by atoms with E-state index in [0.29, 0.717) is 18.2 Å². The molecular formula is C17H20FN3O. The van der Waals surface area contributed by atoms with Crippen molar-refractivity contribution >= 4 is 17.3 Å². The molecule has 1 aromatic heterocycles. The first-order chi connectivity index (χ1) is 10.5. The molecule has 2 rings (SSSR count). The predicted octanol–water partition coefficient (Wildman–Crippen LogP) is 3.74. The van der Waals surface area contributed by atoms with E-state index in [2.05, 4.69) is 29.5 Å². The Hall–Kier alpha value is -2.43. The maximum atomic E-state index is 12.8. The summed E-state index contributed by atoms with van der Waals surface area (Å²) >= 11 is 0. The molecule has 0 unspecified atom stereocenters. The SMILES string of the molecule is CC(C)CCNC(=O)c1ccc(Nc2ccc(F)cc2)cn1. The minimum Gasteiger partial charge on any atom is -0.354 e. The Bertz CT molecular complexity index is 609. The summed E-state index contributed by atoms with van der Waals surface area (Å²) < 4.78 is 12.8. The van der Waals surface area contributed by atoms with E-state index in [0.717, 1.165) is 17.8 Å². The molecule has 0 saturated carbocycles. The lowest BCUT2D eigenvalue weighted by Gasteiger charge is -2.08. The molecule has 22 heavy (non-hydrogen) atoms. The topological polar surface area (TPSA) is 54.0 Å². The van der Waals surface area contributed by atoms with Crippen LogP contribution in [0.1, 0.15) is 30.8 Å². The minimum absolute atomic E-state index is 0.172. The molecule has 0 atom stereocenters. The van der Waals surface area contributed by atoms with Crippen LogP contribution in [0.25, 0.3) is 0 Å². The van der Waals surface area contributed by atoms with Gasteiger partial charge in [0.1, 0.15) is 11.5 Å². The Balaban J connectivity index is 1.92. The van der Waals surface area contributed by atoms with Crippen LogP contribution in [0.2, 0.25) is 0 Å². The van der Waals surface area contributed by atoms with Crippen LogP contribution in [0, 0.1) is 11.7 Å². The summed E-state index contributed by atoms with van der Waals surface area (Å²) in [6, 6.07) is 9.48. The number of anilines is 2. The number of pyridine rings is 1. The Kier molecular flexibility index (Phi) is 5.47. The lowest BCUT2D eigenvalue weighted by Crippen LogP contribution is -2.26. The monoisotopic (exact) mass is 301 g/mol. The lowest BCUT2D eigenvalue weighted by molar-refractivity contribution is 0.0947. The molecule has 0 spiro atoms. The Morgan fingerprint density at radius 3 is 2.41 bits per heavy atom. The van der Waals surface area contributed by atoms with E-state index in [4.69, 9.17) is 0 Å². The Morgan fingerprint density at radius 1 is 1.14 bits per heavy atom. The van der Waals surface area contributed by atoms with Crippen molar-refractivity contribution in [2.45, 2.75) is 20.3 Å². The quantitative estimate of drug-likeness (QED) is 0.854. The molecule has 4 nitrogen and oxygen atoms in total. The third kappa shape index (κ3) is 4.84. The molecule has 2 aromatic rings. The molecule has 0 radical (unpaired) electrons.